The maximum absolute atomic E-state index is 12.8. The lowest BCUT2D eigenvalue weighted by Crippen LogP contribution is -2.30. The van der Waals surface area contributed by atoms with Crippen LogP contribution in [0.3, 0.4) is 0 Å². The number of rotatable bonds is 3. The normalized spacial score (nSPS) is 17.4. The molecule has 0 bridgehead atoms. The smallest absolute Gasteiger partial charge is 0.276 e. The van der Waals surface area contributed by atoms with E-state index in [0.717, 1.165) is 24.9 Å². The number of benzene rings is 1. The van der Waals surface area contributed by atoms with E-state index in [2.05, 4.69) is 11.2 Å². The van der Waals surface area contributed by atoms with E-state index in [9.17, 15) is 4.79 Å². The van der Waals surface area contributed by atoms with E-state index in [-0.39, 0.29) is 11.9 Å². The van der Waals surface area contributed by atoms with Gasteiger partial charge in [-0.25, -0.2) is 0 Å². The molecule has 3 aromatic rings. The maximum Gasteiger partial charge on any atom is 0.276 e. The van der Waals surface area contributed by atoms with Crippen molar-refractivity contribution in [1.29, 1.82) is 0 Å². The van der Waals surface area contributed by atoms with Crippen molar-refractivity contribution >= 4 is 28.8 Å². The number of aromatic nitrogens is 1. The van der Waals surface area contributed by atoms with E-state index < -0.39 is 0 Å². The second kappa shape index (κ2) is 6.42. The second-order valence-corrected chi connectivity index (χ2v) is 7.17. The Kier molecular flexibility index (Phi) is 4.12. The van der Waals surface area contributed by atoms with Crippen LogP contribution in [0.1, 0.15) is 34.2 Å². The molecule has 1 aromatic carbocycles. The van der Waals surface area contributed by atoms with Crippen molar-refractivity contribution < 1.29 is 9.32 Å². The van der Waals surface area contributed by atoms with Gasteiger partial charge >= 0.3 is 0 Å². The summed E-state index contributed by atoms with van der Waals surface area (Å²) >= 11 is 7.59. The molecule has 0 saturated carbocycles. The first-order valence-corrected chi connectivity index (χ1v) is 9.05. The molecule has 1 amide bonds. The third-order valence-corrected chi connectivity index (χ3v) is 5.47. The Morgan fingerprint density at radius 1 is 1.29 bits per heavy atom. The van der Waals surface area contributed by atoms with Gasteiger partial charge in [0.05, 0.1) is 6.04 Å². The first-order valence-electron chi connectivity index (χ1n) is 7.79. The first-order chi connectivity index (χ1) is 11.7. The lowest BCUT2D eigenvalue weighted by Gasteiger charge is -2.22. The highest BCUT2D eigenvalue weighted by Crippen LogP contribution is 2.35. The Balaban J connectivity index is 1.57. The molecular weight excluding hydrogens is 344 g/mol. The molecule has 24 heavy (non-hydrogen) atoms. The molecule has 6 heteroatoms. The minimum atomic E-state index is -0.0742. The van der Waals surface area contributed by atoms with E-state index >= 15 is 0 Å². The molecule has 0 spiro atoms. The second-order valence-electron chi connectivity index (χ2n) is 5.76. The van der Waals surface area contributed by atoms with Crippen molar-refractivity contribution in [2.45, 2.75) is 18.9 Å². The Morgan fingerprint density at radius 2 is 2.12 bits per heavy atom. The molecule has 3 heterocycles. The molecule has 0 aliphatic carbocycles. The molecule has 4 nitrogen and oxygen atoms in total. The van der Waals surface area contributed by atoms with Crippen LogP contribution in [0.25, 0.3) is 11.3 Å². The predicted molar refractivity (Wildman–Crippen MR) is 94.3 cm³/mol. The third kappa shape index (κ3) is 2.85. The van der Waals surface area contributed by atoms with Gasteiger partial charge in [-0.3, -0.25) is 4.79 Å². The van der Waals surface area contributed by atoms with Crippen LogP contribution in [0, 0.1) is 0 Å². The molecule has 2 aromatic heterocycles. The Labute approximate surface area is 148 Å². The summed E-state index contributed by atoms with van der Waals surface area (Å²) in [6.07, 6.45) is 2.00. The number of amides is 1. The quantitative estimate of drug-likeness (QED) is 0.659. The summed E-state index contributed by atoms with van der Waals surface area (Å²) in [5, 5.41) is 6.68. The van der Waals surface area contributed by atoms with Crippen LogP contribution in [0.5, 0.6) is 0 Å². The Morgan fingerprint density at radius 3 is 2.88 bits per heavy atom. The highest BCUT2D eigenvalue weighted by molar-refractivity contribution is 7.10. The average Bonchev–Trinajstić information content (AvgIpc) is 3.34. The minimum absolute atomic E-state index is 0.0742. The number of likely N-dealkylation sites (tertiary alicyclic amines) is 1. The highest BCUT2D eigenvalue weighted by Gasteiger charge is 2.32. The molecular formula is C18H15ClN2O2S. The van der Waals surface area contributed by atoms with Crippen molar-refractivity contribution in [3.8, 4) is 11.3 Å². The number of hydrogen-bond donors (Lipinski definition) is 0. The molecule has 1 aliphatic heterocycles. The van der Waals surface area contributed by atoms with Gasteiger partial charge in [0.2, 0.25) is 0 Å². The van der Waals surface area contributed by atoms with Gasteiger partial charge in [-0.2, -0.15) is 0 Å². The molecule has 122 valence electrons. The lowest BCUT2D eigenvalue weighted by atomic mass is 10.1. The van der Waals surface area contributed by atoms with Crippen LogP contribution in [0.4, 0.5) is 0 Å². The third-order valence-electron chi connectivity index (χ3n) is 4.24. The van der Waals surface area contributed by atoms with Crippen molar-refractivity contribution in [3.63, 3.8) is 0 Å². The summed E-state index contributed by atoms with van der Waals surface area (Å²) < 4.78 is 5.36. The van der Waals surface area contributed by atoms with Gasteiger partial charge in [0.25, 0.3) is 5.91 Å². The molecule has 0 unspecified atom stereocenters. The van der Waals surface area contributed by atoms with Crippen molar-refractivity contribution in [2.24, 2.45) is 0 Å². The Hall–Kier alpha value is -2.11. The zero-order valence-corrected chi connectivity index (χ0v) is 14.4. The van der Waals surface area contributed by atoms with Gasteiger partial charge in [0, 0.05) is 28.1 Å². The van der Waals surface area contributed by atoms with Gasteiger partial charge in [0.1, 0.15) is 0 Å². The molecule has 1 aliphatic rings. The SMILES string of the molecule is O=C(c1cc(-c2ccc(Cl)cc2)on1)N1CCC[C@H]1c1cccs1. The zero-order chi connectivity index (χ0) is 16.5. The number of thiophene rings is 1. The average molecular weight is 359 g/mol. The zero-order valence-electron chi connectivity index (χ0n) is 12.8. The van der Waals surface area contributed by atoms with Gasteiger partial charge in [-0.15, -0.1) is 11.3 Å². The van der Waals surface area contributed by atoms with E-state index in [4.69, 9.17) is 16.1 Å². The monoisotopic (exact) mass is 358 g/mol. The molecule has 0 N–H and O–H groups in total. The topological polar surface area (TPSA) is 46.3 Å². The maximum atomic E-state index is 12.8. The Bertz CT molecular complexity index is 842. The van der Waals surface area contributed by atoms with Crippen molar-refractivity contribution in [1.82, 2.24) is 10.1 Å². The lowest BCUT2D eigenvalue weighted by molar-refractivity contribution is 0.0727. The van der Waals surface area contributed by atoms with E-state index in [1.165, 1.54) is 4.88 Å². The number of hydrogen-bond acceptors (Lipinski definition) is 4. The van der Waals surface area contributed by atoms with Crippen LogP contribution < -0.4 is 0 Å². The molecule has 1 saturated heterocycles. The van der Waals surface area contributed by atoms with Crippen molar-refractivity contribution in [3.05, 3.63) is 63.4 Å². The fraction of sp³-hybridized carbons (Fsp3) is 0.222. The first kappa shape index (κ1) is 15.4. The fourth-order valence-electron chi connectivity index (χ4n) is 3.06. The predicted octanol–water partition coefficient (Wildman–Crippen LogP) is 5.03. The standard InChI is InChI=1S/C18H15ClN2O2S/c19-13-7-5-12(6-8-13)16-11-14(20-23-16)18(22)21-9-1-3-15(21)17-4-2-10-24-17/h2,4-8,10-11,15H,1,3,9H2/t15-/m0/s1. The van der Waals surface area contributed by atoms with Crippen LogP contribution in [0.2, 0.25) is 5.02 Å². The highest BCUT2D eigenvalue weighted by atomic mass is 35.5. The van der Waals surface area contributed by atoms with Gasteiger partial charge in [-0.1, -0.05) is 22.8 Å². The van der Waals surface area contributed by atoms with Crippen molar-refractivity contribution in [2.75, 3.05) is 6.54 Å². The summed E-state index contributed by atoms with van der Waals surface area (Å²) in [6.45, 7) is 0.755. The van der Waals surface area contributed by atoms with E-state index in [0.29, 0.717) is 16.5 Å². The summed E-state index contributed by atoms with van der Waals surface area (Å²) in [7, 11) is 0. The van der Waals surface area contributed by atoms with Crippen LogP contribution in [-0.2, 0) is 0 Å². The summed E-state index contributed by atoms with van der Waals surface area (Å²) in [5.41, 5.74) is 1.20. The molecule has 1 fully saturated rings. The minimum Gasteiger partial charge on any atom is -0.355 e. The molecule has 1 atom stereocenters. The van der Waals surface area contributed by atoms with Gasteiger partial charge < -0.3 is 9.42 Å². The van der Waals surface area contributed by atoms with Gasteiger partial charge in [-0.05, 0) is 48.6 Å². The fourth-order valence-corrected chi connectivity index (χ4v) is 4.06. The number of nitrogens with zero attached hydrogens (tertiary/aromatic N) is 2. The number of carbonyl (C=O) groups is 1. The van der Waals surface area contributed by atoms with Crippen LogP contribution >= 0.6 is 22.9 Å². The largest absolute Gasteiger partial charge is 0.355 e. The number of carbonyl (C=O) groups excluding carboxylic acids is 1. The summed E-state index contributed by atoms with van der Waals surface area (Å²) in [4.78, 5) is 16.0. The molecule has 4 rings (SSSR count). The van der Waals surface area contributed by atoms with Gasteiger partial charge in [0.15, 0.2) is 11.5 Å². The number of halogens is 1. The summed E-state index contributed by atoms with van der Waals surface area (Å²) in [5.74, 6) is 0.497. The molecule has 0 radical (unpaired) electrons. The van der Waals surface area contributed by atoms with E-state index in [1.807, 2.05) is 28.5 Å². The van der Waals surface area contributed by atoms with Crippen LogP contribution in [0.15, 0.2) is 52.4 Å². The van der Waals surface area contributed by atoms with Crippen LogP contribution in [-0.4, -0.2) is 22.5 Å². The van der Waals surface area contributed by atoms with E-state index in [1.54, 1.807) is 29.5 Å². The summed E-state index contributed by atoms with van der Waals surface area (Å²) in [6, 6.07) is 13.2.